The molecule has 1 unspecified atom stereocenters. The van der Waals surface area contributed by atoms with Crippen LogP contribution in [0, 0.1) is 5.92 Å². The minimum atomic E-state index is -0.778. The van der Waals surface area contributed by atoms with Crippen molar-refractivity contribution in [1.82, 2.24) is 9.55 Å². The number of carboxylic acid groups (broad SMARTS) is 1. The van der Waals surface area contributed by atoms with Crippen molar-refractivity contribution in [2.45, 2.75) is 39.2 Å². The van der Waals surface area contributed by atoms with Gasteiger partial charge in [-0.15, -0.1) is 0 Å². The van der Waals surface area contributed by atoms with Gasteiger partial charge >= 0.3 is 11.7 Å². The Balaban J connectivity index is 1.46. The highest BCUT2D eigenvalue weighted by Crippen LogP contribution is 2.30. The van der Waals surface area contributed by atoms with Crippen molar-refractivity contribution in [1.29, 1.82) is 0 Å². The molecule has 3 aromatic carbocycles. The van der Waals surface area contributed by atoms with Crippen LogP contribution in [-0.2, 0) is 17.8 Å². The van der Waals surface area contributed by atoms with E-state index in [4.69, 9.17) is 4.74 Å². The zero-order valence-corrected chi connectivity index (χ0v) is 20.5. The third-order valence-corrected chi connectivity index (χ3v) is 6.42. The summed E-state index contributed by atoms with van der Waals surface area (Å²) in [6.45, 7) is 2.82. The molecular formula is C30H32N2O4. The Morgan fingerprint density at radius 1 is 0.972 bits per heavy atom. The van der Waals surface area contributed by atoms with Gasteiger partial charge in [-0.3, -0.25) is 9.36 Å². The van der Waals surface area contributed by atoms with Gasteiger partial charge in [0.05, 0.1) is 23.9 Å². The van der Waals surface area contributed by atoms with E-state index in [0.717, 1.165) is 46.7 Å². The van der Waals surface area contributed by atoms with Gasteiger partial charge in [0.15, 0.2) is 0 Å². The van der Waals surface area contributed by atoms with Gasteiger partial charge in [-0.25, -0.2) is 4.79 Å². The summed E-state index contributed by atoms with van der Waals surface area (Å²) in [6.07, 6.45) is 2.65. The van der Waals surface area contributed by atoms with Crippen molar-refractivity contribution < 1.29 is 14.6 Å². The van der Waals surface area contributed by atoms with Gasteiger partial charge < -0.3 is 14.8 Å². The molecule has 2 N–H and O–H groups in total. The molecule has 6 nitrogen and oxygen atoms in total. The first kappa shape index (κ1) is 25.0. The number of carboxylic acids is 1. The van der Waals surface area contributed by atoms with Gasteiger partial charge in [0.25, 0.3) is 0 Å². The van der Waals surface area contributed by atoms with E-state index in [0.29, 0.717) is 26.0 Å². The molecule has 0 amide bonds. The summed E-state index contributed by atoms with van der Waals surface area (Å²) in [5.74, 6) is -0.421. The number of rotatable bonds is 12. The summed E-state index contributed by atoms with van der Waals surface area (Å²) in [5.41, 5.74) is 4.70. The normalized spacial score (nSPS) is 11.8. The highest BCUT2D eigenvalue weighted by molar-refractivity contribution is 5.78. The molecular weight excluding hydrogens is 452 g/mol. The Labute approximate surface area is 211 Å². The fourth-order valence-electron chi connectivity index (χ4n) is 4.45. The van der Waals surface area contributed by atoms with Crippen LogP contribution in [0.5, 0.6) is 5.75 Å². The Morgan fingerprint density at radius 3 is 2.33 bits per heavy atom. The monoisotopic (exact) mass is 484 g/mol. The fraction of sp³-hybridized carbons (Fsp3) is 0.267. The lowest BCUT2D eigenvalue weighted by molar-refractivity contribution is -0.142. The quantitative estimate of drug-likeness (QED) is 0.257. The van der Waals surface area contributed by atoms with Gasteiger partial charge in [0, 0.05) is 17.7 Å². The van der Waals surface area contributed by atoms with Crippen LogP contribution in [0.1, 0.15) is 31.7 Å². The van der Waals surface area contributed by atoms with E-state index in [1.54, 1.807) is 0 Å². The number of benzene rings is 3. The first-order chi connectivity index (χ1) is 17.6. The summed E-state index contributed by atoms with van der Waals surface area (Å²) in [4.78, 5) is 27.3. The molecule has 1 atom stereocenters. The maximum Gasteiger partial charge on any atom is 0.326 e. The number of aromatic amines is 1. The number of ether oxygens (including phenoxy) is 1. The molecule has 1 aromatic heterocycles. The molecule has 186 valence electrons. The first-order valence-corrected chi connectivity index (χ1v) is 12.4. The maximum atomic E-state index is 13.0. The summed E-state index contributed by atoms with van der Waals surface area (Å²) >= 11 is 0. The van der Waals surface area contributed by atoms with E-state index in [1.807, 2.05) is 96.4 Å². The van der Waals surface area contributed by atoms with Crippen LogP contribution in [0.15, 0.2) is 89.7 Å². The SMILES string of the molecule is CCC(CCOc1cccc(CCCn2c(-c3ccccc3)c(-c3ccccc3)[nH]c2=O)c1)C(=O)O. The van der Waals surface area contributed by atoms with Crippen LogP contribution in [0.25, 0.3) is 22.5 Å². The smallest absolute Gasteiger partial charge is 0.326 e. The van der Waals surface area contributed by atoms with E-state index in [9.17, 15) is 14.7 Å². The van der Waals surface area contributed by atoms with Crippen molar-refractivity contribution in [2.24, 2.45) is 5.92 Å². The molecule has 0 fully saturated rings. The maximum absolute atomic E-state index is 13.0. The number of nitrogens with zero attached hydrogens (tertiary/aromatic N) is 1. The number of aryl methyl sites for hydroxylation is 1. The predicted octanol–water partition coefficient (Wildman–Crippen LogP) is 6.02. The van der Waals surface area contributed by atoms with Crippen LogP contribution in [0.4, 0.5) is 0 Å². The lowest BCUT2D eigenvalue weighted by Gasteiger charge is -2.12. The first-order valence-electron chi connectivity index (χ1n) is 12.4. The number of hydrogen-bond acceptors (Lipinski definition) is 3. The molecule has 0 aliphatic rings. The molecule has 0 radical (unpaired) electrons. The molecule has 0 bridgehead atoms. The van der Waals surface area contributed by atoms with Crippen molar-refractivity contribution in [2.75, 3.05) is 6.61 Å². The van der Waals surface area contributed by atoms with Crippen molar-refractivity contribution in [3.8, 4) is 28.3 Å². The molecule has 0 aliphatic carbocycles. The average Bonchev–Trinajstić information content (AvgIpc) is 3.23. The molecule has 6 heteroatoms. The fourth-order valence-corrected chi connectivity index (χ4v) is 4.45. The second-order valence-corrected chi connectivity index (χ2v) is 8.87. The number of nitrogens with one attached hydrogen (secondary N) is 1. The van der Waals surface area contributed by atoms with Gasteiger partial charge in [-0.1, -0.05) is 79.7 Å². The highest BCUT2D eigenvalue weighted by atomic mass is 16.5. The molecule has 4 aromatic rings. The van der Waals surface area contributed by atoms with Crippen LogP contribution in [0.3, 0.4) is 0 Å². The molecule has 1 heterocycles. The third-order valence-electron chi connectivity index (χ3n) is 6.42. The molecule has 36 heavy (non-hydrogen) atoms. The number of hydrogen-bond donors (Lipinski definition) is 2. The number of carbonyl (C=O) groups is 1. The third kappa shape index (κ3) is 6.13. The van der Waals surface area contributed by atoms with E-state index < -0.39 is 5.97 Å². The van der Waals surface area contributed by atoms with Crippen LogP contribution < -0.4 is 10.4 Å². The second kappa shape index (κ2) is 12.1. The average molecular weight is 485 g/mol. The predicted molar refractivity (Wildman–Crippen MR) is 142 cm³/mol. The van der Waals surface area contributed by atoms with Gasteiger partial charge in [-0.05, 0) is 43.4 Å². The van der Waals surface area contributed by atoms with E-state index in [-0.39, 0.29) is 11.6 Å². The van der Waals surface area contributed by atoms with E-state index in [1.165, 1.54) is 0 Å². The van der Waals surface area contributed by atoms with Crippen LogP contribution in [0.2, 0.25) is 0 Å². The lowest BCUT2D eigenvalue weighted by atomic mass is 10.0. The largest absolute Gasteiger partial charge is 0.494 e. The Morgan fingerprint density at radius 2 is 1.67 bits per heavy atom. The number of H-pyrrole nitrogens is 1. The Kier molecular flexibility index (Phi) is 8.40. The topological polar surface area (TPSA) is 84.3 Å². The molecule has 0 spiro atoms. The van der Waals surface area contributed by atoms with E-state index in [2.05, 4.69) is 4.98 Å². The summed E-state index contributed by atoms with van der Waals surface area (Å²) < 4.78 is 7.65. The standard InChI is InChI=1S/C30H32N2O4/c1-2-23(29(33)34)18-20-36-26-17-9-11-22(21-26)12-10-19-32-28(25-15-7-4-8-16-25)27(31-30(32)35)24-13-5-3-6-14-24/h3-9,11,13-17,21,23H,2,10,12,18-20H2,1H3,(H,31,35)(H,33,34). The van der Waals surface area contributed by atoms with Crippen molar-refractivity contribution in [3.63, 3.8) is 0 Å². The zero-order chi connectivity index (χ0) is 25.3. The number of imidazole rings is 1. The van der Waals surface area contributed by atoms with Crippen LogP contribution in [-0.4, -0.2) is 27.2 Å². The van der Waals surface area contributed by atoms with Gasteiger partial charge in [0.1, 0.15) is 5.75 Å². The minimum absolute atomic E-state index is 0.117. The molecule has 4 rings (SSSR count). The molecule has 0 aliphatic heterocycles. The summed E-state index contributed by atoms with van der Waals surface area (Å²) in [6, 6.07) is 27.8. The number of aliphatic carboxylic acids is 1. The number of aromatic nitrogens is 2. The van der Waals surface area contributed by atoms with Crippen molar-refractivity contribution in [3.05, 3.63) is 101 Å². The molecule has 0 saturated heterocycles. The summed E-state index contributed by atoms with van der Waals surface area (Å²) in [5, 5.41) is 9.20. The lowest BCUT2D eigenvalue weighted by Crippen LogP contribution is -2.18. The van der Waals surface area contributed by atoms with Crippen LogP contribution >= 0.6 is 0 Å². The molecule has 0 saturated carbocycles. The Bertz CT molecular complexity index is 1330. The summed E-state index contributed by atoms with van der Waals surface area (Å²) in [7, 11) is 0. The minimum Gasteiger partial charge on any atom is -0.494 e. The highest BCUT2D eigenvalue weighted by Gasteiger charge is 2.17. The second-order valence-electron chi connectivity index (χ2n) is 8.87. The zero-order valence-electron chi connectivity index (χ0n) is 20.5. The van der Waals surface area contributed by atoms with E-state index >= 15 is 0 Å². The van der Waals surface area contributed by atoms with Gasteiger partial charge in [0.2, 0.25) is 0 Å². The van der Waals surface area contributed by atoms with Crippen molar-refractivity contribution >= 4 is 5.97 Å². The Hall–Kier alpha value is -4.06. The van der Waals surface area contributed by atoms with Gasteiger partial charge in [-0.2, -0.15) is 0 Å².